The molecule has 0 radical (unpaired) electrons. The predicted molar refractivity (Wildman–Crippen MR) is 74.1 cm³/mol. The third kappa shape index (κ3) is 3.63. The molecule has 7 nitrogen and oxygen atoms in total. The molecular weight excluding hydrogens is 277 g/mol. The number of hydrogen-bond acceptors (Lipinski definition) is 5. The molecule has 0 saturated heterocycles. The van der Waals surface area contributed by atoms with Gasteiger partial charge in [0.05, 0.1) is 6.33 Å². The van der Waals surface area contributed by atoms with Crippen molar-refractivity contribution in [2.24, 2.45) is 11.5 Å². The Bertz CT molecular complexity index is 651. The van der Waals surface area contributed by atoms with E-state index in [1.165, 1.54) is 0 Å². The topological polar surface area (TPSA) is 120 Å². The Balaban J connectivity index is 2.06. The molecule has 0 atom stereocenters. The van der Waals surface area contributed by atoms with Crippen LogP contribution in [-0.4, -0.2) is 34.2 Å². The first-order chi connectivity index (χ1) is 10.1. The lowest BCUT2D eigenvalue weighted by atomic mass is 10.2. The Morgan fingerprint density at radius 1 is 1.38 bits per heavy atom. The van der Waals surface area contributed by atoms with Crippen LogP contribution >= 0.6 is 0 Å². The van der Waals surface area contributed by atoms with Crippen LogP contribution in [0.25, 0.3) is 11.4 Å². The van der Waals surface area contributed by atoms with Crippen molar-refractivity contribution in [2.45, 2.75) is 0 Å². The minimum absolute atomic E-state index is 0.0778. The van der Waals surface area contributed by atoms with Crippen molar-refractivity contribution < 1.29 is 13.9 Å². The van der Waals surface area contributed by atoms with Gasteiger partial charge in [0, 0.05) is 17.7 Å². The summed E-state index contributed by atoms with van der Waals surface area (Å²) in [6.45, 7) is 0.184. The second-order valence-electron chi connectivity index (χ2n) is 4.16. The molecule has 1 aromatic carbocycles. The van der Waals surface area contributed by atoms with Gasteiger partial charge in [0.1, 0.15) is 12.4 Å². The van der Waals surface area contributed by atoms with Crippen LogP contribution in [0.15, 0.2) is 36.2 Å². The number of benzene rings is 1. The number of carbonyl (C=O) groups excluding carboxylic acids is 1. The Labute approximate surface area is 119 Å². The Hall–Kier alpha value is -2.74. The van der Waals surface area contributed by atoms with Crippen molar-refractivity contribution in [2.75, 3.05) is 13.2 Å². The molecule has 8 heteroatoms. The summed E-state index contributed by atoms with van der Waals surface area (Å²) in [4.78, 5) is 14.9. The van der Waals surface area contributed by atoms with Crippen molar-refractivity contribution >= 4 is 5.91 Å². The molecule has 0 aliphatic carbocycles. The Morgan fingerprint density at radius 2 is 2.10 bits per heavy atom. The standard InChI is InChI=1S/C13H14FN5O2/c14-5-8(6-15)7-21-10-3-1-9(2-4-10)12-17-13(11(16)20)19-18-12/h1-5H,6-7,15H2,(H2,16,20)(H,17,18,19)/b8-5+. The number of ether oxygens (including phenoxy) is 1. The monoisotopic (exact) mass is 291 g/mol. The maximum Gasteiger partial charge on any atom is 0.288 e. The lowest BCUT2D eigenvalue weighted by molar-refractivity contribution is 0.0991. The van der Waals surface area contributed by atoms with Crippen LogP contribution in [0, 0.1) is 0 Å². The van der Waals surface area contributed by atoms with Crippen LogP contribution in [0.3, 0.4) is 0 Å². The molecule has 0 fully saturated rings. The van der Waals surface area contributed by atoms with Gasteiger partial charge >= 0.3 is 0 Å². The normalized spacial score (nSPS) is 11.4. The molecule has 1 aromatic heterocycles. The van der Waals surface area contributed by atoms with E-state index in [9.17, 15) is 9.18 Å². The molecule has 2 rings (SSSR count). The fourth-order valence-electron chi connectivity index (χ4n) is 1.52. The molecule has 0 aliphatic heterocycles. The molecule has 0 bridgehead atoms. The van der Waals surface area contributed by atoms with E-state index >= 15 is 0 Å². The molecule has 21 heavy (non-hydrogen) atoms. The summed E-state index contributed by atoms with van der Waals surface area (Å²) in [5, 5.41) is 6.30. The third-order valence-electron chi connectivity index (χ3n) is 2.67. The summed E-state index contributed by atoms with van der Waals surface area (Å²) >= 11 is 0. The van der Waals surface area contributed by atoms with E-state index in [1.807, 2.05) is 0 Å². The van der Waals surface area contributed by atoms with Gasteiger partial charge in [-0.2, -0.15) is 0 Å². The van der Waals surface area contributed by atoms with E-state index in [1.54, 1.807) is 24.3 Å². The molecule has 0 unspecified atom stereocenters. The van der Waals surface area contributed by atoms with Gasteiger partial charge in [-0.05, 0) is 24.3 Å². The van der Waals surface area contributed by atoms with E-state index in [4.69, 9.17) is 16.2 Å². The summed E-state index contributed by atoms with van der Waals surface area (Å²) < 4.78 is 17.7. The van der Waals surface area contributed by atoms with E-state index in [2.05, 4.69) is 15.2 Å². The summed E-state index contributed by atoms with van der Waals surface area (Å²) in [6.07, 6.45) is 0.439. The number of primary amides is 1. The molecule has 0 spiro atoms. The SMILES string of the molecule is NC/C(=C\F)COc1ccc(-c2nc(C(N)=O)n[nH]2)cc1. The summed E-state index contributed by atoms with van der Waals surface area (Å²) in [5.74, 6) is 0.193. The van der Waals surface area contributed by atoms with E-state index in [0.717, 1.165) is 0 Å². The highest BCUT2D eigenvalue weighted by Crippen LogP contribution is 2.19. The number of rotatable bonds is 6. The summed E-state index contributed by atoms with van der Waals surface area (Å²) in [7, 11) is 0. The highest BCUT2D eigenvalue weighted by Gasteiger charge is 2.09. The average molecular weight is 291 g/mol. The zero-order valence-corrected chi connectivity index (χ0v) is 11.0. The summed E-state index contributed by atoms with van der Waals surface area (Å²) in [5.41, 5.74) is 11.5. The molecule has 1 amide bonds. The van der Waals surface area contributed by atoms with Crippen molar-refractivity contribution in [3.63, 3.8) is 0 Å². The zero-order chi connectivity index (χ0) is 15.2. The highest BCUT2D eigenvalue weighted by molar-refractivity contribution is 5.89. The van der Waals surface area contributed by atoms with Crippen molar-refractivity contribution in [1.82, 2.24) is 15.2 Å². The lowest BCUT2D eigenvalue weighted by Crippen LogP contribution is -2.12. The zero-order valence-electron chi connectivity index (χ0n) is 11.0. The number of halogens is 1. The first-order valence-electron chi connectivity index (χ1n) is 6.07. The van der Waals surface area contributed by atoms with Gasteiger partial charge in [0.2, 0.25) is 5.82 Å². The average Bonchev–Trinajstić information content (AvgIpc) is 2.99. The minimum atomic E-state index is -0.704. The smallest absolute Gasteiger partial charge is 0.288 e. The Morgan fingerprint density at radius 3 is 2.62 bits per heavy atom. The third-order valence-corrected chi connectivity index (χ3v) is 2.67. The molecule has 5 N–H and O–H groups in total. The molecule has 110 valence electrons. The number of amides is 1. The molecule has 0 saturated carbocycles. The summed E-state index contributed by atoms with van der Waals surface area (Å²) in [6, 6.07) is 6.83. The number of nitrogens with two attached hydrogens (primary N) is 2. The number of carbonyl (C=O) groups is 1. The first-order valence-corrected chi connectivity index (χ1v) is 6.07. The number of nitrogens with one attached hydrogen (secondary N) is 1. The van der Waals surface area contributed by atoms with Crippen LogP contribution < -0.4 is 16.2 Å². The Kier molecular flexibility index (Phi) is 4.62. The van der Waals surface area contributed by atoms with Crippen LogP contribution in [0.4, 0.5) is 4.39 Å². The van der Waals surface area contributed by atoms with Gasteiger partial charge in [0.15, 0.2) is 5.82 Å². The molecule has 2 aromatic rings. The first kappa shape index (κ1) is 14.7. The van der Waals surface area contributed by atoms with Gasteiger partial charge in [-0.15, -0.1) is 5.10 Å². The van der Waals surface area contributed by atoms with Crippen molar-refractivity contribution in [3.05, 3.63) is 42.0 Å². The number of aromatic amines is 1. The minimum Gasteiger partial charge on any atom is -0.489 e. The van der Waals surface area contributed by atoms with Crippen LogP contribution in [0.2, 0.25) is 0 Å². The molecule has 0 aliphatic rings. The van der Waals surface area contributed by atoms with Crippen molar-refractivity contribution in [3.8, 4) is 17.1 Å². The highest BCUT2D eigenvalue weighted by atomic mass is 19.1. The molecular formula is C13H14FN5O2. The number of hydrogen-bond donors (Lipinski definition) is 3. The second-order valence-corrected chi connectivity index (χ2v) is 4.16. The van der Waals surface area contributed by atoms with Crippen molar-refractivity contribution in [1.29, 1.82) is 0 Å². The largest absolute Gasteiger partial charge is 0.489 e. The lowest BCUT2D eigenvalue weighted by Gasteiger charge is -2.07. The van der Waals surface area contributed by atoms with E-state index < -0.39 is 5.91 Å². The number of H-pyrrole nitrogens is 1. The van der Waals surface area contributed by atoms with Gasteiger partial charge in [-0.25, -0.2) is 9.37 Å². The molecule has 1 heterocycles. The fraction of sp³-hybridized carbons (Fsp3) is 0.154. The van der Waals surface area contributed by atoms with Gasteiger partial charge in [-0.3, -0.25) is 9.89 Å². The van der Waals surface area contributed by atoms with Gasteiger partial charge in [0.25, 0.3) is 5.91 Å². The maximum atomic E-state index is 12.3. The van der Waals surface area contributed by atoms with Crippen LogP contribution in [0.1, 0.15) is 10.6 Å². The van der Waals surface area contributed by atoms with E-state index in [0.29, 0.717) is 29.0 Å². The fourth-order valence-corrected chi connectivity index (χ4v) is 1.52. The van der Waals surface area contributed by atoms with Crippen LogP contribution in [-0.2, 0) is 0 Å². The van der Waals surface area contributed by atoms with E-state index in [-0.39, 0.29) is 19.0 Å². The van der Waals surface area contributed by atoms with Crippen LogP contribution in [0.5, 0.6) is 5.75 Å². The number of aromatic nitrogens is 3. The predicted octanol–water partition coefficient (Wildman–Crippen LogP) is 0.761. The van der Waals surface area contributed by atoms with Gasteiger partial charge in [-0.1, -0.05) is 0 Å². The number of nitrogens with zero attached hydrogens (tertiary/aromatic N) is 2. The quantitative estimate of drug-likeness (QED) is 0.725. The maximum absolute atomic E-state index is 12.3. The van der Waals surface area contributed by atoms with Gasteiger partial charge < -0.3 is 16.2 Å². The second kappa shape index (κ2) is 6.62.